The lowest BCUT2D eigenvalue weighted by Gasteiger charge is -2.13. The van der Waals surface area contributed by atoms with Gasteiger partial charge in [-0.3, -0.25) is 4.79 Å². The molecule has 0 saturated heterocycles. The highest BCUT2D eigenvalue weighted by atomic mass is 79.9. The van der Waals surface area contributed by atoms with Gasteiger partial charge in [-0.15, -0.1) is 0 Å². The van der Waals surface area contributed by atoms with Crippen LogP contribution >= 0.6 is 15.9 Å². The summed E-state index contributed by atoms with van der Waals surface area (Å²) in [4.78, 5) is 11.9. The van der Waals surface area contributed by atoms with Crippen LogP contribution < -0.4 is 0 Å². The van der Waals surface area contributed by atoms with Gasteiger partial charge in [0.25, 0.3) is 0 Å². The quantitative estimate of drug-likeness (QED) is 0.746. The zero-order chi connectivity index (χ0) is 13.0. The maximum absolute atomic E-state index is 13.3. The van der Waals surface area contributed by atoms with E-state index in [9.17, 15) is 9.18 Å². The van der Waals surface area contributed by atoms with Crippen molar-refractivity contribution in [1.29, 1.82) is 0 Å². The van der Waals surface area contributed by atoms with Crippen LogP contribution in [0, 0.1) is 5.82 Å². The topological polar surface area (TPSA) is 17.1 Å². The molecule has 0 heterocycles. The number of allylic oxidation sites excluding steroid dienone is 2. The highest BCUT2D eigenvalue weighted by Crippen LogP contribution is 2.24. The molecule has 1 nitrogen and oxygen atoms in total. The average molecular weight is 311 g/mol. The summed E-state index contributed by atoms with van der Waals surface area (Å²) in [6.45, 7) is 0. The summed E-state index contributed by atoms with van der Waals surface area (Å²) in [5.41, 5.74) is 1.96. The van der Waals surface area contributed by atoms with Gasteiger partial charge in [-0.05, 0) is 59.3 Å². The van der Waals surface area contributed by atoms with E-state index in [1.54, 1.807) is 18.2 Å². The molecule has 0 aliphatic heterocycles. The first kappa shape index (κ1) is 13.5. The first-order valence-corrected chi connectivity index (χ1v) is 7.11. The smallest absolute Gasteiger partial charge is 0.160 e. The normalized spacial score (nSPS) is 15.6. The minimum atomic E-state index is -0.314. The van der Waals surface area contributed by atoms with E-state index in [0.717, 1.165) is 12.8 Å². The highest BCUT2D eigenvalue weighted by molar-refractivity contribution is 9.10. The van der Waals surface area contributed by atoms with E-state index in [0.29, 0.717) is 10.0 Å². The van der Waals surface area contributed by atoms with E-state index < -0.39 is 0 Å². The Kier molecular flexibility index (Phi) is 4.70. The van der Waals surface area contributed by atoms with Crippen LogP contribution in [0.5, 0.6) is 0 Å². The van der Waals surface area contributed by atoms with Crippen molar-refractivity contribution in [1.82, 2.24) is 0 Å². The highest BCUT2D eigenvalue weighted by Gasteiger charge is 2.11. The van der Waals surface area contributed by atoms with E-state index >= 15 is 0 Å². The van der Waals surface area contributed by atoms with E-state index in [1.807, 2.05) is 0 Å². The van der Waals surface area contributed by atoms with Crippen molar-refractivity contribution in [2.24, 2.45) is 0 Å². The van der Waals surface area contributed by atoms with Crippen molar-refractivity contribution in [3.05, 3.63) is 45.7 Å². The van der Waals surface area contributed by atoms with Crippen LogP contribution in [0.2, 0.25) is 0 Å². The Hall–Kier alpha value is -0.960. The van der Waals surface area contributed by atoms with E-state index in [2.05, 4.69) is 15.9 Å². The fourth-order valence-electron chi connectivity index (χ4n) is 2.30. The third-order valence-corrected chi connectivity index (χ3v) is 4.15. The SMILES string of the molecule is O=C(C=C1CCCCC1)Cc1cccc(F)c1Br. The van der Waals surface area contributed by atoms with Crippen molar-refractivity contribution in [2.45, 2.75) is 38.5 Å². The fourth-order valence-corrected chi connectivity index (χ4v) is 2.71. The van der Waals surface area contributed by atoms with Gasteiger partial charge in [0.2, 0.25) is 0 Å². The van der Waals surface area contributed by atoms with Crippen molar-refractivity contribution in [3.8, 4) is 0 Å². The number of hydrogen-bond donors (Lipinski definition) is 0. The molecule has 1 aromatic carbocycles. The van der Waals surface area contributed by atoms with Gasteiger partial charge in [-0.25, -0.2) is 4.39 Å². The lowest BCUT2D eigenvalue weighted by Crippen LogP contribution is -2.03. The largest absolute Gasteiger partial charge is 0.294 e. The minimum absolute atomic E-state index is 0.0678. The van der Waals surface area contributed by atoms with E-state index in [-0.39, 0.29) is 18.0 Å². The summed E-state index contributed by atoms with van der Waals surface area (Å²) in [6, 6.07) is 4.80. The Balaban J connectivity index is 2.04. The number of carbonyl (C=O) groups excluding carboxylic acids is 1. The lowest BCUT2D eigenvalue weighted by atomic mass is 9.93. The molecule has 1 aliphatic rings. The third kappa shape index (κ3) is 3.52. The monoisotopic (exact) mass is 310 g/mol. The Morgan fingerprint density at radius 2 is 2.00 bits per heavy atom. The Labute approximate surface area is 115 Å². The van der Waals surface area contributed by atoms with Crippen molar-refractivity contribution in [2.75, 3.05) is 0 Å². The number of rotatable bonds is 3. The molecule has 1 aliphatic carbocycles. The first-order valence-electron chi connectivity index (χ1n) is 6.32. The van der Waals surface area contributed by atoms with E-state index in [1.165, 1.54) is 30.9 Å². The summed E-state index contributed by atoms with van der Waals surface area (Å²) >= 11 is 3.19. The van der Waals surface area contributed by atoms with Gasteiger partial charge in [0.05, 0.1) is 4.47 Å². The molecule has 1 fully saturated rings. The summed E-state index contributed by atoms with van der Waals surface area (Å²) in [5.74, 6) is -0.246. The predicted octanol–water partition coefficient (Wildman–Crippen LogP) is 4.59. The summed E-state index contributed by atoms with van der Waals surface area (Å²) in [5, 5.41) is 0. The molecule has 0 atom stereocenters. The first-order chi connectivity index (χ1) is 8.66. The lowest BCUT2D eigenvalue weighted by molar-refractivity contribution is -0.114. The van der Waals surface area contributed by atoms with Gasteiger partial charge in [-0.2, -0.15) is 0 Å². The molecule has 2 rings (SSSR count). The molecule has 0 aromatic heterocycles. The number of hydrogen-bond acceptors (Lipinski definition) is 1. The number of halogens is 2. The van der Waals surface area contributed by atoms with Crippen LogP contribution in [0.4, 0.5) is 4.39 Å². The van der Waals surface area contributed by atoms with Crippen LogP contribution in [0.25, 0.3) is 0 Å². The molecular formula is C15H16BrFO. The molecule has 96 valence electrons. The van der Waals surface area contributed by atoms with Gasteiger partial charge in [0, 0.05) is 6.42 Å². The van der Waals surface area contributed by atoms with Crippen LogP contribution in [-0.4, -0.2) is 5.78 Å². The van der Waals surface area contributed by atoms with E-state index in [4.69, 9.17) is 0 Å². The van der Waals surface area contributed by atoms with Crippen molar-refractivity contribution < 1.29 is 9.18 Å². The number of benzene rings is 1. The molecule has 3 heteroatoms. The standard InChI is InChI=1S/C15H16BrFO/c16-15-12(7-4-8-14(15)17)10-13(18)9-11-5-2-1-3-6-11/h4,7-9H,1-3,5-6,10H2. The maximum Gasteiger partial charge on any atom is 0.160 e. The molecular weight excluding hydrogens is 295 g/mol. The molecule has 0 bridgehead atoms. The number of ketones is 1. The van der Waals surface area contributed by atoms with Crippen LogP contribution in [0.15, 0.2) is 34.3 Å². The second-order valence-corrected chi connectivity index (χ2v) is 5.51. The molecule has 0 radical (unpaired) electrons. The third-order valence-electron chi connectivity index (χ3n) is 3.26. The van der Waals surface area contributed by atoms with Gasteiger partial charge in [0.15, 0.2) is 5.78 Å². The van der Waals surface area contributed by atoms with Gasteiger partial charge in [0.1, 0.15) is 5.82 Å². The van der Waals surface area contributed by atoms with Crippen LogP contribution in [0.1, 0.15) is 37.7 Å². The van der Waals surface area contributed by atoms with Crippen LogP contribution in [0.3, 0.4) is 0 Å². The minimum Gasteiger partial charge on any atom is -0.294 e. The van der Waals surface area contributed by atoms with Crippen LogP contribution in [-0.2, 0) is 11.2 Å². The molecule has 0 unspecified atom stereocenters. The maximum atomic E-state index is 13.3. The summed E-state index contributed by atoms with van der Waals surface area (Å²) < 4.78 is 13.7. The van der Waals surface area contributed by atoms with Crippen molar-refractivity contribution >= 4 is 21.7 Å². The average Bonchev–Trinajstić information content (AvgIpc) is 2.36. The molecule has 0 N–H and O–H groups in total. The van der Waals surface area contributed by atoms with Gasteiger partial charge >= 0.3 is 0 Å². The predicted molar refractivity (Wildman–Crippen MR) is 74.0 cm³/mol. The molecule has 0 amide bonds. The Morgan fingerprint density at radius 1 is 1.28 bits per heavy atom. The second kappa shape index (κ2) is 6.28. The second-order valence-electron chi connectivity index (χ2n) is 4.72. The summed E-state index contributed by atoms with van der Waals surface area (Å²) in [7, 11) is 0. The molecule has 18 heavy (non-hydrogen) atoms. The fraction of sp³-hybridized carbons (Fsp3) is 0.400. The molecule has 0 spiro atoms. The number of carbonyl (C=O) groups is 1. The molecule has 1 aromatic rings. The Bertz CT molecular complexity index is 471. The summed E-state index contributed by atoms with van der Waals surface area (Å²) in [6.07, 6.45) is 7.73. The zero-order valence-electron chi connectivity index (χ0n) is 10.2. The Morgan fingerprint density at radius 3 is 2.72 bits per heavy atom. The van der Waals surface area contributed by atoms with Gasteiger partial charge in [-0.1, -0.05) is 24.1 Å². The van der Waals surface area contributed by atoms with Crippen molar-refractivity contribution in [3.63, 3.8) is 0 Å². The zero-order valence-corrected chi connectivity index (χ0v) is 11.8. The molecule has 1 saturated carbocycles. The van der Waals surface area contributed by atoms with Gasteiger partial charge < -0.3 is 0 Å².